The standard InChI is InChI=1S/C17H27N3O/c1-13-14(18)6-4-7-15(13)19-16(21)12-20-10-5-8-17(2,3)9-11-20/h4,6-7H,5,8-12,18H2,1-3H3,(H,19,21). The largest absolute Gasteiger partial charge is 0.398 e. The van der Waals surface area contributed by atoms with Crippen LogP contribution < -0.4 is 11.1 Å². The minimum Gasteiger partial charge on any atom is -0.398 e. The fourth-order valence-corrected chi connectivity index (χ4v) is 2.82. The van der Waals surface area contributed by atoms with Gasteiger partial charge in [0, 0.05) is 11.4 Å². The van der Waals surface area contributed by atoms with Gasteiger partial charge in [-0.1, -0.05) is 19.9 Å². The van der Waals surface area contributed by atoms with Crippen LogP contribution in [-0.2, 0) is 4.79 Å². The van der Waals surface area contributed by atoms with E-state index in [0.717, 1.165) is 37.2 Å². The van der Waals surface area contributed by atoms with Crippen LogP contribution in [0, 0.1) is 12.3 Å². The maximum Gasteiger partial charge on any atom is 0.238 e. The molecule has 1 aliphatic heterocycles. The molecule has 21 heavy (non-hydrogen) atoms. The predicted octanol–water partition coefficient (Wildman–Crippen LogP) is 3.03. The Labute approximate surface area is 127 Å². The summed E-state index contributed by atoms with van der Waals surface area (Å²) in [6, 6.07) is 5.61. The van der Waals surface area contributed by atoms with E-state index in [1.807, 2.05) is 25.1 Å². The summed E-state index contributed by atoms with van der Waals surface area (Å²) in [5.74, 6) is 0.0448. The maximum atomic E-state index is 12.2. The highest BCUT2D eigenvalue weighted by Crippen LogP contribution is 2.29. The van der Waals surface area contributed by atoms with E-state index in [-0.39, 0.29) is 5.91 Å². The topological polar surface area (TPSA) is 58.4 Å². The number of benzene rings is 1. The van der Waals surface area contributed by atoms with Crippen molar-refractivity contribution in [3.8, 4) is 0 Å². The van der Waals surface area contributed by atoms with Crippen LogP contribution in [0.3, 0.4) is 0 Å². The first-order valence-corrected chi connectivity index (χ1v) is 7.75. The number of nitrogens with one attached hydrogen (secondary N) is 1. The molecule has 1 heterocycles. The van der Waals surface area contributed by atoms with Crippen molar-refractivity contribution in [1.82, 2.24) is 4.90 Å². The lowest BCUT2D eigenvalue weighted by atomic mass is 9.85. The first-order chi connectivity index (χ1) is 9.87. The van der Waals surface area contributed by atoms with Crippen LogP contribution in [0.5, 0.6) is 0 Å². The van der Waals surface area contributed by atoms with E-state index in [2.05, 4.69) is 24.1 Å². The minimum atomic E-state index is 0.0448. The second-order valence-corrected chi connectivity index (χ2v) is 6.86. The zero-order valence-electron chi connectivity index (χ0n) is 13.4. The molecular formula is C17H27N3O. The molecule has 0 unspecified atom stereocenters. The van der Waals surface area contributed by atoms with E-state index in [1.165, 1.54) is 6.42 Å². The zero-order chi connectivity index (χ0) is 15.5. The monoisotopic (exact) mass is 289 g/mol. The number of hydrogen-bond donors (Lipinski definition) is 2. The average molecular weight is 289 g/mol. The summed E-state index contributed by atoms with van der Waals surface area (Å²) in [5.41, 5.74) is 8.73. The first-order valence-electron chi connectivity index (χ1n) is 7.75. The number of likely N-dealkylation sites (tertiary alicyclic amines) is 1. The van der Waals surface area contributed by atoms with Gasteiger partial charge in [-0.25, -0.2) is 0 Å². The molecule has 3 N–H and O–H groups in total. The predicted molar refractivity (Wildman–Crippen MR) is 88.3 cm³/mol. The number of carbonyl (C=O) groups is 1. The molecule has 4 heteroatoms. The molecule has 1 amide bonds. The summed E-state index contributed by atoms with van der Waals surface area (Å²) in [6.07, 6.45) is 3.55. The molecule has 1 fully saturated rings. The molecule has 0 spiro atoms. The van der Waals surface area contributed by atoms with Crippen LogP contribution >= 0.6 is 0 Å². The van der Waals surface area contributed by atoms with Gasteiger partial charge in [0.2, 0.25) is 5.91 Å². The fraction of sp³-hybridized carbons (Fsp3) is 0.588. The summed E-state index contributed by atoms with van der Waals surface area (Å²) < 4.78 is 0. The molecule has 1 saturated heterocycles. The fourth-order valence-electron chi connectivity index (χ4n) is 2.82. The van der Waals surface area contributed by atoms with Crippen LogP contribution in [0.1, 0.15) is 38.7 Å². The normalized spacial score (nSPS) is 19.0. The lowest BCUT2D eigenvalue weighted by molar-refractivity contribution is -0.117. The van der Waals surface area contributed by atoms with Crippen molar-refractivity contribution in [2.75, 3.05) is 30.7 Å². The number of nitrogen functional groups attached to an aromatic ring is 1. The number of amides is 1. The molecule has 0 aliphatic carbocycles. The van der Waals surface area contributed by atoms with Crippen molar-refractivity contribution in [3.05, 3.63) is 23.8 Å². The zero-order valence-corrected chi connectivity index (χ0v) is 13.4. The molecule has 1 aromatic rings. The van der Waals surface area contributed by atoms with Gasteiger partial charge in [0.25, 0.3) is 0 Å². The molecule has 1 aliphatic rings. The molecule has 4 nitrogen and oxygen atoms in total. The van der Waals surface area contributed by atoms with E-state index in [9.17, 15) is 4.79 Å². The highest BCUT2D eigenvalue weighted by atomic mass is 16.2. The minimum absolute atomic E-state index is 0.0448. The quantitative estimate of drug-likeness (QED) is 0.841. The van der Waals surface area contributed by atoms with Gasteiger partial charge < -0.3 is 11.1 Å². The lowest BCUT2D eigenvalue weighted by Crippen LogP contribution is -2.34. The van der Waals surface area contributed by atoms with Crippen molar-refractivity contribution in [3.63, 3.8) is 0 Å². The molecular weight excluding hydrogens is 262 g/mol. The third kappa shape index (κ3) is 4.46. The average Bonchev–Trinajstić information content (AvgIpc) is 2.57. The van der Waals surface area contributed by atoms with Gasteiger partial charge in [-0.2, -0.15) is 0 Å². The Morgan fingerprint density at radius 3 is 2.86 bits per heavy atom. The van der Waals surface area contributed by atoms with Crippen LogP contribution in [0.25, 0.3) is 0 Å². The molecule has 116 valence electrons. The first kappa shape index (κ1) is 15.8. The lowest BCUT2D eigenvalue weighted by Gasteiger charge is -2.23. The number of nitrogens with two attached hydrogens (primary N) is 1. The maximum absolute atomic E-state index is 12.2. The summed E-state index contributed by atoms with van der Waals surface area (Å²) in [5, 5.41) is 2.98. The molecule has 0 radical (unpaired) electrons. The Kier molecular flexibility index (Phi) is 4.88. The van der Waals surface area contributed by atoms with E-state index in [1.54, 1.807) is 0 Å². The van der Waals surface area contributed by atoms with Crippen LogP contribution in [0.15, 0.2) is 18.2 Å². The van der Waals surface area contributed by atoms with Gasteiger partial charge in [0.05, 0.1) is 6.54 Å². The number of rotatable bonds is 3. The van der Waals surface area contributed by atoms with Gasteiger partial charge in [-0.3, -0.25) is 9.69 Å². The number of carbonyl (C=O) groups excluding carboxylic acids is 1. The summed E-state index contributed by atoms with van der Waals surface area (Å²) in [6.45, 7) is 9.02. The number of anilines is 2. The Morgan fingerprint density at radius 2 is 2.10 bits per heavy atom. The second kappa shape index (κ2) is 6.48. The van der Waals surface area contributed by atoms with Crippen molar-refractivity contribution in [2.45, 2.75) is 40.0 Å². The van der Waals surface area contributed by atoms with Crippen molar-refractivity contribution >= 4 is 17.3 Å². The van der Waals surface area contributed by atoms with E-state index < -0.39 is 0 Å². The third-order valence-electron chi connectivity index (χ3n) is 4.45. The Bertz CT molecular complexity index is 511. The van der Waals surface area contributed by atoms with Gasteiger partial charge >= 0.3 is 0 Å². The SMILES string of the molecule is Cc1c(N)cccc1NC(=O)CN1CCCC(C)(C)CC1. The summed E-state index contributed by atoms with van der Waals surface area (Å²) in [7, 11) is 0. The third-order valence-corrected chi connectivity index (χ3v) is 4.45. The van der Waals surface area contributed by atoms with Gasteiger partial charge in [0.1, 0.15) is 0 Å². The molecule has 0 atom stereocenters. The second-order valence-electron chi connectivity index (χ2n) is 6.86. The van der Waals surface area contributed by atoms with Gasteiger partial charge in [0.15, 0.2) is 0 Å². The van der Waals surface area contributed by atoms with E-state index in [4.69, 9.17) is 5.73 Å². The molecule has 2 rings (SSSR count). The number of hydrogen-bond acceptors (Lipinski definition) is 3. The highest BCUT2D eigenvalue weighted by molar-refractivity contribution is 5.93. The van der Waals surface area contributed by atoms with Crippen molar-refractivity contribution in [2.24, 2.45) is 5.41 Å². The highest BCUT2D eigenvalue weighted by Gasteiger charge is 2.24. The van der Waals surface area contributed by atoms with Crippen molar-refractivity contribution < 1.29 is 4.79 Å². The van der Waals surface area contributed by atoms with E-state index >= 15 is 0 Å². The smallest absolute Gasteiger partial charge is 0.238 e. The summed E-state index contributed by atoms with van der Waals surface area (Å²) in [4.78, 5) is 14.5. The Morgan fingerprint density at radius 1 is 1.33 bits per heavy atom. The Balaban J connectivity index is 1.91. The van der Waals surface area contributed by atoms with Gasteiger partial charge in [-0.05, 0) is 62.4 Å². The van der Waals surface area contributed by atoms with E-state index in [0.29, 0.717) is 17.6 Å². The Hall–Kier alpha value is -1.55. The molecule has 1 aromatic carbocycles. The number of nitrogens with zero attached hydrogens (tertiary/aromatic N) is 1. The van der Waals surface area contributed by atoms with Crippen LogP contribution in [0.4, 0.5) is 11.4 Å². The van der Waals surface area contributed by atoms with Crippen molar-refractivity contribution in [1.29, 1.82) is 0 Å². The molecule has 0 aromatic heterocycles. The van der Waals surface area contributed by atoms with Crippen LogP contribution in [-0.4, -0.2) is 30.4 Å². The molecule has 0 bridgehead atoms. The summed E-state index contributed by atoms with van der Waals surface area (Å²) >= 11 is 0. The van der Waals surface area contributed by atoms with Crippen LogP contribution in [0.2, 0.25) is 0 Å². The molecule has 0 saturated carbocycles. The van der Waals surface area contributed by atoms with Gasteiger partial charge in [-0.15, -0.1) is 0 Å².